The first-order valence-corrected chi connectivity index (χ1v) is 11.1. The molecule has 1 amide bonds. The number of imidazole rings is 1. The fraction of sp³-hybridized carbons (Fsp3) is 0.278. The van der Waals surface area contributed by atoms with Crippen LogP contribution >= 0.6 is 15.9 Å². The molecular weight excluding hydrogens is 432 g/mol. The van der Waals surface area contributed by atoms with Crippen molar-refractivity contribution in [3.63, 3.8) is 0 Å². The average molecular weight is 449 g/mol. The fourth-order valence-electron chi connectivity index (χ4n) is 3.21. The second kappa shape index (κ2) is 6.72. The molecule has 1 N–H and O–H groups in total. The number of hydrogen-bond acceptors (Lipinski definition) is 5. The summed E-state index contributed by atoms with van der Waals surface area (Å²) in [5.74, 6) is 0.366. The lowest BCUT2D eigenvalue weighted by molar-refractivity contribution is 0.0951. The van der Waals surface area contributed by atoms with Gasteiger partial charge >= 0.3 is 0 Å². The molecule has 9 heteroatoms. The quantitative estimate of drug-likeness (QED) is 0.646. The van der Waals surface area contributed by atoms with Crippen molar-refractivity contribution in [1.29, 1.82) is 0 Å². The molecule has 1 aliphatic carbocycles. The Morgan fingerprint density at radius 3 is 2.78 bits per heavy atom. The van der Waals surface area contributed by atoms with Crippen LogP contribution in [0, 0.1) is 5.92 Å². The number of nitrogens with one attached hydrogen (secondary N) is 1. The molecule has 1 aromatic carbocycles. The molecule has 1 aliphatic rings. The lowest BCUT2D eigenvalue weighted by Crippen LogP contribution is -2.25. The maximum Gasteiger partial charge on any atom is 0.251 e. The molecule has 0 saturated heterocycles. The SMILES string of the molecule is CS(=O)(=O)c1cc(Br)nn2c(C3CC3CNC(=O)c3ccccc3)cnc12. The van der Waals surface area contributed by atoms with E-state index in [1.807, 2.05) is 18.2 Å². The Balaban J connectivity index is 1.52. The summed E-state index contributed by atoms with van der Waals surface area (Å²) in [7, 11) is -3.42. The molecule has 140 valence electrons. The van der Waals surface area contributed by atoms with E-state index in [0.29, 0.717) is 22.4 Å². The van der Waals surface area contributed by atoms with E-state index in [9.17, 15) is 13.2 Å². The van der Waals surface area contributed by atoms with Gasteiger partial charge in [0, 0.05) is 24.3 Å². The van der Waals surface area contributed by atoms with Gasteiger partial charge in [0.1, 0.15) is 9.50 Å². The van der Waals surface area contributed by atoms with Crippen molar-refractivity contribution in [1.82, 2.24) is 19.9 Å². The van der Waals surface area contributed by atoms with Gasteiger partial charge < -0.3 is 5.32 Å². The van der Waals surface area contributed by atoms with Crippen LogP contribution in [-0.2, 0) is 9.84 Å². The van der Waals surface area contributed by atoms with Crippen LogP contribution in [0.4, 0.5) is 0 Å². The number of aromatic nitrogens is 3. The lowest BCUT2D eigenvalue weighted by atomic mass is 10.2. The highest BCUT2D eigenvalue weighted by Crippen LogP contribution is 2.47. The highest BCUT2D eigenvalue weighted by atomic mass is 79.9. The Morgan fingerprint density at radius 2 is 2.07 bits per heavy atom. The van der Waals surface area contributed by atoms with Gasteiger partial charge in [-0.15, -0.1) is 0 Å². The predicted molar refractivity (Wildman–Crippen MR) is 103 cm³/mol. The minimum Gasteiger partial charge on any atom is -0.352 e. The van der Waals surface area contributed by atoms with Crippen LogP contribution in [0.2, 0.25) is 0 Å². The Morgan fingerprint density at radius 1 is 1.33 bits per heavy atom. The summed E-state index contributed by atoms with van der Waals surface area (Å²) < 4.78 is 26.1. The summed E-state index contributed by atoms with van der Waals surface area (Å²) in [5.41, 5.74) is 1.82. The molecule has 0 radical (unpaired) electrons. The largest absolute Gasteiger partial charge is 0.352 e. The third-order valence-corrected chi connectivity index (χ3v) is 6.18. The smallest absolute Gasteiger partial charge is 0.251 e. The maximum atomic E-state index is 12.2. The number of sulfone groups is 1. The number of benzene rings is 1. The van der Waals surface area contributed by atoms with Gasteiger partial charge in [0.2, 0.25) is 0 Å². The Kier molecular flexibility index (Phi) is 4.51. The molecule has 1 fully saturated rings. The zero-order valence-corrected chi connectivity index (χ0v) is 16.9. The highest BCUT2D eigenvalue weighted by molar-refractivity contribution is 9.10. The Hall–Kier alpha value is -2.26. The number of hydrogen-bond donors (Lipinski definition) is 1. The summed E-state index contributed by atoms with van der Waals surface area (Å²) >= 11 is 3.27. The predicted octanol–water partition coefficient (Wildman–Crippen LogP) is 2.43. The minimum absolute atomic E-state index is 0.0976. The minimum atomic E-state index is -3.42. The summed E-state index contributed by atoms with van der Waals surface area (Å²) in [4.78, 5) is 16.6. The van der Waals surface area contributed by atoms with Crippen molar-refractivity contribution in [3.8, 4) is 0 Å². The first-order chi connectivity index (χ1) is 12.8. The van der Waals surface area contributed by atoms with Gasteiger partial charge in [-0.3, -0.25) is 4.79 Å². The number of fused-ring (bicyclic) bond motifs is 1. The number of rotatable bonds is 5. The van der Waals surface area contributed by atoms with Gasteiger partial charge in [0.05, 0.1) is 11.9 Å². The summed E-state index contributed by atoms with van der Waals surface area (Å²) in [6.45, 7) is 0.554. The van der Waals surface area contributed by atoms with E-state index in [4.69, 9.17) is 0 Å². The van der Waals surface area contributed by atoms with Gasteiger partial charge in [-0.2, -0.15) is 5.10 Å². The Labute approximate surface area is 164 Å². The van der Waals surface area contributed by atoms with E-state index in [1.54, 1.807) is 22.8 Å². The van der Waals surface area contributed by atoms with E-state index < -0.39 is 9.84 Å². The van der Waals surface area contributed by atoms with Gasteiger partial charge in [-0.05, 0) is 46.5 Å². The molecule has 27 heavy (non-hydrogen) atoms. The first kappa shape index (κ1) is 18.1. The second-order valence-corrected chi connectivity index (χ2v) is 9.50. The summed E-state index contributed by atoms with van der Waals surface area (Å²) in [6.07, 6.45) is 3.72. The molecule has 2 atom stereocenters. The number of halogens is 1. The van der Waals surface area contributed by atoms with Crippen molar-refractivity contribution in [3.05, 3.63) is 58.5 Å². The number of nitrogens with zero attached hydrogens (tertiary/aromatic N) is 3. The highest BCUT2D eigenvalue weighted by Gasteiger charge is 2.41. The van der Waals surface area contributed by atoms with E-state index in [-0.39, 0.29) is 22.6 Å². The second-order valence-electron chi connectivity index (χ2n) is 6.70. The molecule has 1 saturated carbocycles. The third-order valence-electron chi connectivity index (χ3n) is 4.69. The topological polar surface area (TPSA) is 93.4 Å². The maximum absolute atomic E-state index is 12.2. The molecule has 4 rings (SSSR count). The van der Waals surface area contributed by atoms with Crippen LogP contribution in [0.5, 0.6) is 0 Å². The third kappa shape index (κ3) is 3.61. The van der Waals surface area contributed by atoms with Crippen molar-refractivity contribution in [2.24, 2.45) is 5.92 Å². The Bertz CT molecular complexity index is 1130. The summed E-state index contributed by atoms with van der Waals surface area (Å²) in [6, 6.07) is 10.5. The molecule has 2 unspecified atom stereocenters. The van der Waals surface area contributed by atoms with Gasteiger partial charge in [0.25, 0.3) is 5.91 Å². The molecule has 2 aromatic heterocycles. The van der Waals surface area contributed by atoms with Crippen molar-refractivity contribution in [2.75, 3.05) is 12.8 Å². The fourth-order valence-corrected chi connectivity index (χ4v) is 4.54. The average Bonchev–Trinajstić information content (AvgIpc) is 3.28. The van der Waals surface area contributed by atoms with Gasteiger partial charge in [-0.1, -0.05) is 18.2 Å². The zero-order valence-electron chi connectivity index (χ0n) is 14.5. The number of carbonyl (C=O) groups excluding carboxylic acids is 1. The number of amides is 1. The molecule has 3 aromatic rings. The molecule has 0 spiro atoms. The van der Waals surface area contributed by atoms with Crippen LogP contribution in [0.1, 0.15) is 28.4 Å². The van der Waals surface area contributed by atoms with Crippen molar-refractivity contribution >= 4 is 37.3 Å². The monoisotopic (exact) mass is 448 g/mol. The standard InChI is InChI=1S/C18H17BrN4O3S/c1-27(25,26)15-8-16(19)22-23-14(10-20-17(15)23)13-7-12(13)9-21-18(24)11-5-3-2-4-6-11/h2-6,8,10,12-13H,7,9H2,1H3,(H,21,24). The molecule has 0 bridgehead atoms. The summed E-state index contributed by atoms with van der Waals surface area (Å²) in [5, 5.41) is 7.32. The lowest BCUT2D eigenvalue weighted by Gasteiger charge is -2.06. The molecule has 7 nitrogen and oxygen atoms in total. The van der Waals surface area contributed by atoms with Crippen molar-refractivity contribution in [2.45, 2.75) is 17.2 Å². The molecule has 0 aliphatic heterocycles. The van der Waals surface area contributed by atoms with Crippen LogP contribution in [0.25, 0.3) is 5.65 Å². The van der Waals surface area contributed by atoms with Gasteiger partial charge in [-0.25, -0.2) is 17.9 Å². The van der Waals surface area contributed by atoms with Crippen LogP contribution < -0.4 is 5.32 Å². The normalized spacial score (nSPS) is 19.2. The van der Waals surface area contributed by atoms with E-state index in [2.05, 4.69) is 31.3 Å². The molecule has 2 heterocycles. The number of carbonyl (C=O) groups is 1. The van der Waals surface area contributed by atoms with Crippen LogP contribution in [-0.4, -0.2) is 41.7 Å². The van der Waals surface area contributed by atoms with Crippen LogP contribution in [0.3, 0.4) is 0 Å². The van der Waals surface area contributed by atoms with E-state index in [0.717, 1.165) is 18.4 Å². The molecular formula is C18H17BrN4O3S. The van der Waals surface area contributed by atoms with Gasteiger partial charge in [0.15, 0.2) is 15.5 Å². The van der Waals surface area contributed by atoms with E-state index in [1.165, 1.54) is 6.07 Å². The zero-order chi connectivity index (χ0) is 19.2. The van der Waals surface area contributed by atoms with E-state index >= 15 is 0 Å². The first-order valence-electron chi connectivity index (χ1n) is 8.42. The van der Waals surface area contributed by atoms with Crippen LogP contribution in [0.15, 0.2) is 52.1 Å². The van der Waals surface area contributed by atoms with Crippen molar-refractivity contribution < 1.29 is 13.2 Å².